The predicted molar refractivity (Wildman–Crippen MR) is 346 cm³/mol. The lowest BCUT2D eigenvalue weighted by molar-refractivity contribution is -0.124. The van der Waals surface area contributed by atoms with Crippen molar-refractivity contribution in [2.45, 2.75) is 97.3 Å². The van der Waals surface area contributed by atoms with E-state index in [1.807, 2.05) is 57.0 Å². The first-order valence-corrected chi connectivity index (χ1v) is 34.5. The van der Waals surface area contributed by atoms with Crippen molar-refractivity contribution < 1.29 is 98.8 Å². The topological polar surface area (TPSA) is 489 Å². The number of aldehydes is 1. The molecule has 8 N–H and O–H groups in total. The number of aromatic amines is 1. The van der Waals surface area contributed by atoms with Gasteiger partial charge >= 0.3 is 29.2 Å². The molecule has 1 fully saturated rings. The molecule has 6 unspecified atom stereocenters. The number of aromatic nitrogens is 2. The van der Waals surface area contributed by atoms with Crippen LogP contribution in [-0.2, 0) is 60.2 Å². The number of hydrogen-bond donors (Lipinski definition) is 8. The molecule has 2 aliphatic rings. The average molecular weight is 1410 g/mol. The Kier molecular flexibility index (Phi) is 30.1. The number of benzene rings is 3. The molecule has 1 saturated heterocycles. The number of hydrogen-bond acceptors (Lipinski definition) is 23. The zero-order valence-corrected chi connectivity index (χ0v) is 55.6. The highest BCUT2D eigenvalue weighted by Crippen LogP contribution is 2.66. The monoisotopic (exact) mass is 1410 g/mol. The van der Waals surface area contributed by atoms with Crippen LogP contribution in [0.2, 0.25) is 0 Å². The van der Waals surface area contributed by atoms with Crippen molar-refractivity contribution in [3.05, 3.63) is 171 Å². The Hall–Kier alpha value is -8.66. The van der Waals surface area contributed by atoms with Crippen molar-refractivity contribution in [2.24, 2.45) is 10.2 Å². The number of nitrogens with one attached hydrogen (secondary N) is 4. The second-order valence-electron chi connectivity index (χ2n) is 21.1. The van der Waals surface area contributed by atoms with Gasteiger partial charge in [-0.1, -0.05) is 34.2 Å². The number of carbonyl (C=O) groups excluding carboxylic acids is 5. The number of carbonyl (C=O) groups is 5. The van der Waals surface area contributed by atoms with E-state index in [2.05, 4.69) is 61.0 Å². The highest BCUT2D eigenvalue weighted by Gasteiger charge is 2.44. The summed E-state index contributed by atoms with van der Waals surface area (Å²) in [6, 6.07) is 17.2. The summed E-state index contributed by atoms with van der Waals surface area (Å²) >= 11 is 0. The van der Waals surface area contributed by atoms with Gasteiger partial charge in [-0.15, -0.1) is 0 Å². The van der Waals surface area contributed by atoms with E-state index < -0.39 is 84.4 Å². The Labute approximate surface area is 554 Å². The number of allylic oxidation sites excluding steroid dienone is 4. The van der Waals surface area contributed by atoms with Crippen molar-refractivity contribution in [3.63, 3.8) is 0 Å². The van der Waals surface area contributed by atoms with Crippen LogP contribution in [0.1, 0.15) is 115 Å². The molecule has 0 bridgehead atoms. The Morgan fingerprint density at radius 3 is 2.35 bits per heavy atom. The Bertz CT molecular complexity index is 4070. The molecule has 34 nitrogen and oxygen atoms in total. The summed E-state index contributed by atoms with van der Waals surface area (Å²) in [5, 5.41) is 16.1. The first-order valence-electron chi connectivity index (χ1n) is 29.9. The quantitative estimate of drug-likeness (QED) is 0.00311. The van der Waals surface area contributed by atoms with E-state index in [1.165, 1.54) is 6.07 Å². The number of aryl methyl sites for hydroxylation is 1. The van der Waals surface area contributed by atoms with Crippen LogP contribution in [-0.4, -0.2) is 143 Å². The summed E-state index contributed by atoms with van der Waals surface area (Å²) in [5.74, 6) is 4.81. The number of nitrogens with zero attached hydrogens (tertiary/aromatic N) is 7. The molecule has 3 aromatic carbocycles. The van der Waals surface area contributed by atoms with Crippen molar-refractivity contribution in [1.82, 2.24) is 20.2 Å². The largest absolute Gasteiger partial charge is 0.494 e. The molecule has 37 heteroatoms. The van der Waals surface area contributed by atoms with Gasteiger partial charge in [0.05, 0.1) is 32.5 Å². The Morgan fingerprint density at radius 1 is 0.866 bits per heavy atom. The zero-order valence-electron chi connectivity index (χ0n) is 52.9. The minimum absolute atomic E-state index is 0.0306. The molecule has 1 aromatic heterocycles. The second-order valence-corrected chi connectivity index (χ2v) is 25.6. The van der Waals surface area contributed by atoms with Gasteiger partial charge < -0.3 is 63.9 Å². The van der Waals surface area contributed by atoms with E-state index >= 15 is 0 Å². The number of rotatable bonds is 40. The standard InChI is InChI=1S/C60H72N11O23P3/c1-5-63-50-21-18-40(26-38(50)3)57(49-27-39(4)51(64-6-2)30-52(49)75)48-20-19-47(29-43(48)33-72)87-23-11-16-44(73)15-10-22-65-58(76)41-13-9-17-46(28-41)89-36-55(68-70-62)88-25-24-86-34-45(74)14-8-7-12-42-32-71(60(78)67-59(42)77)56-31-53(90-37-66-69-61)54(92-56)35-91-96(82,83)94-97(84,85)93-95(79,80)81/h9,13,17-21,26-30,32-33,53-56,63-64H,5-6,8,10-11,14-16,22-25,31,34-37H2,1-4H3,(H,65,76)(H,82,83)(H,84,85)(H,67,77,78)(H2,79,80,81). The number of amides is 1. The Balaban J connectivity index is 0.887. The van der Waals surface area contributed by atoms with E-state index in [1.54, 1.807) is 42.5 Å². The van der Waals surface area contributed by atoms with Gasteiger partial charge in [0.1, 0.15) is 55.1 Å². The van der Waals surface area contributed by atoms with Gasteiger partial charge in [0.2, 0.25) is 0 Å². The predicted octanol–water partition coefficient (Wildman–Crippen LogP) is 7.59. The van der Waals surface area contributed by atoms with E-state index in [4.69, 9.17) is 49.3 Å². The molecule has 2 heterocycles. The van der Waals surface area contributed by atoms with Crippen molar-refractivity contribution in [1.29, 1.82) is 0 Å². The fourth-order valence-corrected chi connectivity index (χ4v) is 12.6. The highest BCUT2D eigenvalue weighted by atomic mass is 31.3. The molecule has 0 spiro atoms. The van der Waals surface area contributed by atoms with Crippen LogP contribution in [0.3, 0.4) is 0 Å². The number of anilines is 1. The van der Waals surface area contributed by atoms with E-state index in [9.17, 15) is 57.0 Å². The van der Waals surface area contributed by atoms with Crippen LogP contribution in [0.25, 0.3) is 26.5 Å². The van der Waals surface area contributed by atoms with Crippen LogP contribution in [0.5, 0.6) is 11.5 Å². The number of phosphoric ester groups is 1. The van der Waals surface area contributed by atoms with E-state index in [-0.39, 0.29) is 100 Å². The number of H-pyrrole nitrogens is 1. The molecule has 4 aromatic rings. The lowest BCUT2D eigenvalue weighted by Gasteiger charge is -2.21. The van der Waals surface area contributed by atoms with Crippen molar-refractivity contribution in [3.8, 4) is 23.3 Å². The summed E-state index contributed by atoms with van der Waals surface area (Å²) < 4.78 is 81.7. The number of ketones is 3. The van der Waals surface area contributed by atoms with Crippen LogP contribution in [0, 0.1) is 18.8 Å². The van der Waals surface area contributed by atoms with Gasteiger partial charge in [-0.05, 0) is 128 Å². The third kappa shape index (κ3) is 25.1. The van der Waals surface area contributed by atoms with Crippen LogP contribution in [0.4, 0.5) is 5.69 Å². The number of likely N-dealkylation sites (N-methyl/N-ethyl adjacent to an activating group) is 1. The number of ether oxygens (including phenoxy) is 6. The highest BCUT2D eigenvalue weighted by molar-refractivity contribution is 7.66. The maximum absolute atomic E-state index is 13.7. The molecule has 520 valence electrons. The third-order valence-electron chi connectivity index (χ3n) is 14.0. The Morgan fingerprint density at radius 2 is 1.63 bits per heavy atom. The maximum atomic E-state index is 13.7. The SMILES string of the molecule is CCNC1=CC(=O)C(=C(c2ccc(NCC)c(C)c2)c2ccc(OCCCC(=O)CCCNC(=O)c3cccc(OCC(N=[N+]=[N-])OCCOCC(=O)CCC#Cc4cn(C5CC(OCN=[N+]=[N-])C(COP(=O)(O)OP(=O)(O)OP(=O)(O)O)O5)c(=O)[nH]c4=O)c3)cc2C=O)C=C1C. The first kappa shape index (κ1) is 77.3. The van der Waals surface area contributed by atoms with Crippen molar-refractivity contribution >= 4 is 64.3 Å². The molecule has 97 heavy (non-hydrogen) atoms. The third-order valence-corrected chi connectivity index (χ3v) is 17.8. The van der Waals surface area contributed by atoms with Crippen LogP contribution < -0.4 is 36.7 Å². The van der Waals surface area contributed by atoms with Gasteiger partial charge in [0.25, 0.3) is 11.5 Å². The minimum Gasteiger partial charge on any atom is -0.494 e. The molecule has 1 aliphatic heterocycles. The summed E-state index contributed by atoms with van der Waals surface area (Å²) in [5.41, 5.74) is 22.1. The summed E-state index contributed by atoms with van der Waals surface area (Å²) in [7, 11) is -17.2. The lowest BCUT2D eigenvalue weighted by atomic mass is 9.85. The van der Waals surface area contributed by atoms with Crippen LogP contribution in [0.15, 0.2) is 116 Å². The molecular weight excluding hydrogens is 1340 g/mol. The van der Waals surface area contributed by atoms with E-state index in [0.29, 0.717) is 47.4 Å². The first-order chi connectivity index (χ1) is 46.3. The molecule has 1 amide bonds. The number of phosphoric acid groups is 3. The average Bonchev–Trinajstić information content (AvgIpc) is 1.18. The maximum Gasteiger partial charge on any atom is 0.490 e. The van der Waals surface area contributed by atoms with Crippen molar-refractivity contribution in [2.75, 3.05) is 71.3 Å². The number of Topliss-reactive ketones (excluding diaryl/α,β-unsaturated/α-hetero) is 2. The summed E-state index contributed by atoms with van der Waals surface area (Å²) in [4.78, 5) is 135. The van der Waals surface area contributed by atoms with Gasteiger partial charge in [0.15, 0.2) is 24.1 Å². The molecule has 0 radical (unpaired) electrons. The van der Waals surface area contributed by atoms with Crippen LogP contribution >= 0.6 is 23.5 Å². The fraction of sp³-hybridized carbons (Fsp3) is 0.417. The smallest absolute Gasteiger partial charge is 0.490 e. The molecular formula is C60H72N11O23P3. The minimum atomic E-state index is -5.86. The zero-order chi connectivity index (χ0) is 70.7. The lowest BCUT2D eigenvalue weighted by Crippen LogP contribution is -2.33. The summed E-state index contributed by atoms with van der Waals surface area (Å²) in [6.45, 7) is 7.15. The van der Waals surface area contributed by atoms with Gasteiger partial charge in [-0.25, -0.2) is 18.5 Å². The van der Waals surface area contributed by atoms with Gasteiger partial charge in [0, 0.05) is 107 Å². The molecule has 0 saturated carbocycles. The normalized spacial score (nSPS) is 17.2. The second kappa shape index (κ2) is 37.7. The van der Waals surface area contributed by atoms with Gasteiger partial charge in [-0.3, -0.25) is 42.8 Å². The van der Waals surface area contributed by atoms with Gasteiger partial charge in [-0.2, -0.15) is 8.62 Å². The van der Waals surface area contributed by atoms with E-state index in [0.717, 1.165) is 51.7 Å². The summed E-state index contributed by atoms with van der Waals surface area (Å²) in [6.07, 6.45) is 0.840. The fourth-order valence-electron chi connectivity index (χ4n) is 9.60. The molecule has 6 rings (SSSR count). The molecule has 6 atom stereocenters. The number of azide groups is 2. The molecule has 1 aliphatic carbocycles.